The molecule has 0 aliphatic heterocycles. The van der Waals surface area contributed by atoms with Gasteiger partial charge in [-0.15, -0.1) is 0 Å². The highest BCUT2D eigenvalue weighted by atomic mass is 16.1. The van der Waals surface area contributed by atoms with Crippen molar-refractivity contribution in [2.45, 2.75) is 87.1 Å². The Morgan fingerprint density at radius 3 is 1.72 bits per heavy atom. The van der Waals surface area contributed by atoms with Crippen LogP contribution in [-0.4, -0.2) is 11.8 Å². The molecule has 0 spiro atoms. The Morgan fingerprint density at radius 2 is 1.61 bits per heavy atom. The first-order valence-corrected chi connectivity index (χ1v) is 6.55. The first-order valence-electron chi connectivity index (χ1n) is 6.55. The fourth-order valence-corrected chi connectivity index (χ4v) is 2.52. The SMILES string of the molecule is C.C.CC1(C)CCCC1=O.CC1(C)CCCC1N. The van der Waals surface area contributed by atoms with E-state index in [2.05, 4.69) is 13.8 Å². The Labute approximate surface area is 115 Å². The van der Waals surface area contributed by atoms with Crippen LogP contribution in [0.15, 0.2) is 0 Å². The van der Waals surface area contributed by atoms with Crippen LogP contribution < -0.4 is 5.73 Å². The lowest BCUT2D eigenvalue weighted by Gasteiger charge is -2.22. The van der Waals surface area contributed by atoms with E-state index in [1.54, 1.807) is 0 Å². The van der Waals surface area contributed by atoms with Gasteiger partial charge in [0.05, 0.1) is 0 Å². The summed E-state index contributed by atoms with van der Waals surface area (Å²) < 4.78 is 0. The van der Waals surface area contributed by atoms with Crippen molar-refractivity contribution >= 4 is 5.78 Å². The van der Waals surface area contributed by atoms with Gasteiger partial charge in [0.25, 0.3) is 0 Å². The summed E-state index contributed by atoms with van der Waals surface area (Å²) >= 11 is 0. The average molecular weight is 257 g/mol. The zero-order valence-corrected chi connectivity index (χ0v) is 11.3. The lowest BCUT2D eigenvalue weighted by atomic mass is 9.88. The van der Waals surface area contributed by atoms with E-state index in [0.717, 1.165) is 19.3 Å². The molecular formula is C16H35NO. The van der Waals surface area contributed by atoms with Gasteiger partial charge in [-0.1, -0.05) is 49.0 Å². The van der Waals surface area contributed by atoms with Gasteiger partial charge in [0.15, 0.2) is 0 Å². The van der Waals surface area contributed by atoms with Crippen molar-refractivity contribution in [2.75, 3.05) is 0 Å². The van der Waals surface area contributed by atoms with Crippen molar-refractivity contribution in [3.63, 3.8) is 0 Å². The first-order chi connectivity index (χ1) is 7.26. The summed E-state index contributed by atoms with van der Waals surface area (Å²) in [5, 5.41) is 0. The number of hydrogen-bond acceptors (Lipinski definition) is 2. The fraction of sp³-hybridized carbons (Fsp3) is 0.938. The molecule has 2 saturated carbocycles. The molecule has 2 aliphatic rings. The van der Waals surface area contributed by atoms with Crippen LogP contribution in [-0.2, 0) is 4.79 Å². The third-order valence-electron chi connectivity index (χ3n) is 4.30. The molecule has 0 aromatic heterocycles. The number of ketones is 1. The van der Waals surface area contributed by atoms with Crippen LogP contribution >= 0.6 is 0 Å². The Balaban J connectivity index is 0. The smallest absolute Gasteiger partial charge is 0.138 e. The number of Topliss-reactive ketones (excluding diaryl/α,β-unsaturated/α-hetero) is 1. The molecular weight excluding hydrogens is 222 g/mol. The average Bonchev–Trinajstić information content (AvgIpc) is 2.60. The molecule has 18 heavy (non-hydrogen) atoms. The van der Waals surface area contributed by atoms with Crippen molar-refractivity contribution in [3.05, 3.63) is 0 Å². The summed E-state index contributed by atoms with van der Waals surface area (Å²) in [4.78, 5) is 10.9. The molecule has 2 aliphatic carbocycles. The standard InChI is InChI=1S/C7H15N.C7H12O.2CH4/c2*1-7(2)5-3-4-6(7)8;;/h6H,3-5,8H2,1-2H3;3-5H2,1-2H3;2*1H4. The molecule has 2 heteroatoms. The van der Waals surface area contributed by atoms with Crippen LogP contribution in [0.4, 0.5) is 0 Å². The van der Waals surface area contributed by atoms with Crippen LogP contribution in [0, 0.1) is 10.8 Å². The third-order valence-corrected chi connectivity index (χ3v) is 4.30. The van der Waals surface area contributed by atoms with E-state index in [4.69, 9.17) is 5.73 Å². The van der Waals surface area contributed by atoms with Crippen molar-refractivity contribution in [2.24, 2.45) is 16.6 Å². The Bertz CT molecular complexity index is 256. The summed E-state index contributed by atoms with van der Waals surface area (Å²) in [6.07, 6.45) is 6.88. The number of rotatable bonds is 0. The van der Waals surface area contributed by atoms with Crippen molar-refractivity contribution < 1.29 is 4.79 Å². The van der Waals surface area contributed by atoms with E-state index in [1.807, 2.05) is 13.8 Å². The van der Waals surface area contributed by atoms with Gasteiger partial charge in [-0.25, -0.2) is 0 Å². The fourth-order valence-electron chi connectivity index (χ4n) is 2.52. The van der Waals surface area contributed by atoms with E-state index in [0.29, 0.717) is 17.2 Å². The third kappa shape index (κ3) is 5.09. The van der Waals surface area contributed by atoms with Gasteiger partial charge in [0.1, 0.15) is 5.78 Å². The monoisotopic (exact) mass is 257 g/mol. The number of carbonyl (C=O) groups excluding carboxylic acids is 1. The second-order valence-corrected chi connectivity index (χ2v) is 6.65. The predicted octanol–water partition coefficient (Wildman–Crippen LogP) is 4.56. The maximum absolute atomic E-state index is 10.9. The molecule has 1 atom stereocenters. The van der Waals surface area contributed by atoms with Gasteiger partial charge in [-0.05, 0) is 31.1 Å². The summed E-state index contributed by atoms with van der Waals surface area (Å²) in [6, 6.07) is 0.461. The number of hydrogen-bond donors (Lipinski definition) is 1. The van der Waals surface area contributed by atoms with Crippen molar-refractivity contribution in [1.82, 2.24) is 0 Å². The number of carbonyl (C=O) groups is 1. The molecule has 2 N–H and O–H groups in total. The summed E-state index contributed by atoms with van der Waals surface area (Å²) in [6.45, 7) is 8.57. The Morgan fingerprint density at radius 1 is 1.06 bits per heavy atom. The highest BCUT2D eigenvalue weighted by molar-refractivity contribution is 5.85. The Kier molecular flexibility index (Phi) is 8.07. The van der Waals surface area contributed by atoms with Crippen LogP contribution in [0.5, 0.6) is 0 Å². The molecule has 2 rings (SSSR count). The van der Waals surface area contributed by atoms with Crippen LogP contribution in [0.2, 0.25) is 0 Å². The first kappa shape index (κ1) is 20.0. The second kappa shape index (κ2) is 7.28. The molecule has 0 aromatic carbocycles. The highest BCUT2D eigenvalue weighted by Crippen LogP contribution is 2.35. The van der Waals surface area contributed by atoms with E-state index < -0.39 is 0 Å². The zero-order valence-electron chi connectivity index (χ0n) is 11.3. The largest absolute Gasteiger partial charge is 0.327 e. The molecule has 2 fully saturated rings. The lowest BCUT2D eigenvalue weighted by Crippen LogP contribution is -2.31. The minimum atomic E-state index is 0. The topological polar surface area (TPSA) is 43.1 Å². The van der Waals surface area contributed by atoms with Gasteiger partial charge in [0.2, 0.25) is 0 Å². The van der Waals surface area contributed by atoms with Gasteiger partial charge in [-0.3, -0.25) is 4.79 Å². The van der Waals surface area contributed by atoms with E-state index in [1.165, 1.54) is 19.3 Å². The molecule has 0 saturated heterocycles. The molecule has 2 nitrogen and oxygen atoms in total. The van der Waals surface area contributed by atoms with Crippen molar-refractivity contribution in [1.29, 1.82) is 0 Å². The Hall–Kier alpha value is -0.370. The summed E-state index contributed by atoms with van der Waals surface area (Å²) in [5.41, 5.74) is 6.26. The molecule has 0 heterocycles. The van der Waals surface area contributed by atoms with Crippen molar-refractivity contribution in [3.8, 4) is 0 Å². The zero-order chi connectivity index (χ0) is 12.4. The van der Waals surface area contributed by atoms with E-state index in [9.17, 15) is 4.79 Å². The van der Waals surface area contributed by atoms with E-state index in [-0.39, 0.29) is 20.3 Å². The normalized spacial score (nSPS) is 27.6. The van der Waals surface area contributed by atoms with Gasteiger partial charge >= 0.3 is 0 Å². The summed E-state index contributed by atoms with van der Waals surface area (Å²) in [7, 11) is 0. The highest BCUT2D eigenvalue weighted by Gasteiger charge is 2.32. The molecule has 110 valence electrons. The minimum Gasteiger partial charge on any atom is -0.327 e. The van der Waals surface area contributed by atoms with Gasteiger partial charge in [0, 0.05) is 17.9 Å². The maximum atomic E-state index is 10.9. The van der Waals surface area contributed by atoms with Crippen LogP contribution in [0.25, 0.3) is 0 Å². The van der Waals surface area contributed by atoms with Crippen LogP contribution in [0.1, 0.15) is 81.1 Å². The number of nitrogens with two attached hydrogens (primary N) is 1. The quantitative estimate of drug-likeness (QED) is 0.691. The van der Waals surface area contributed by atoms with Crippen LogP contribution in [0.3, 0.4) is 0 Å². The second-order valence-electron chi connectivity index (χ2n) is 6.65. The molecule has 1 unspecified atom stereocenters. The minimum absolute atomic E-state index is 0. The molecule has 0 radical (unpaired) electrons. The van der Waals surface area contributed by atoms with E-state index >= 15 is 0 Å². The summed E-state index contributed by atoms with van der Waals surface area (Å²) in [5.74, 6) is 0.442. The maximum Gasteiger partial charge on any atom is 0.138 e. The van der Waals surface area contributed by atoms with Gasteiger partial charge in [-0.2, -0.15) is 0 Å². The lowest BCUT2D eigenvalue weighted by molar-refractivity contribution is -0.124. The molecule has 0 aromatic rings. The molecule has 0 amide bonds. The molecule has 0 bridgehead atoms. The van der Waals surface area contributed by atoms with Gasteiger partial charge < -0.3 is 5.73 Å². The predicted molar refractivity (Wildman–Crippen MR) is 81.7 cm³/mol.